The zero-order valence-electron chi connectivity index (χ0n) is 11.1. The fourth-order valence-electron chi connectivity index (χ4n) is 2.49. The number of rotatable bonds is 3. The van der Waals surface area contributed by atoms with Crippen molar-refractivity contribution in [3.63, 3.8) is 0 Å². The highest BCUT2D eigenvalue weighted by molar-refractivity contribution is 5.85. The molecule has 0 unspecified atom stereocenters. The van der Waals surface area contributed by atoms with Crippen molar-refractivity contribution in [2.24, 2.45) is 0 Å². The summed E-state index contributed by atoms with van der Waals surface area (Å²) < 4.78 is 20.4. The summed E-state index contributed by atoms with van der Waals surface area (Å²) in [5.74, 6) is -0.448. The van der Waals surface area contributed by atoms with Gasteiger partial charge in [0.1, 0.15) is 23.8 Å². The second-order valence-electron chi connectivity index (χ2n) is 4.79. The van der Waals surface area contributed by atoms with Gasteiger partial charge >= 0.3 is 0 Å². The van der Waals surface area contributed by atoms with Crippen LogP contribution in [0.4, 0.5) is 10.2 Å². The molecule has 1 fully saturated rings. The Balaban J connectivity index is 2.07. The van der Waals surface area contributed by atoms with Gasteiger partial charge in [0.05, 0.1) is 18.5 Å². The van der Waals surface area contributed by atoms with Crippen LogP contribution in [0.15, 0.2) is 12.4 Å². The van der Waals surface area contributed by atoms with Crippen molar-refractivity contribution < 1.29 is 24.4 Å². The lowest BCUT2D eigenvalue weighted by Gasteiger charge is -2.17. The van der Waals surface area contributed by atoms with Crippen LogP contribution < -0.4 is 5.32 Å². The van der Waals surface area contributed by atoms with E-state index >= 15 is 0 Å². The van der Waals surface area contributed by atoms with Crippen LogP contribution in [0.2, 0.25) is 0 Å². The number of pyridine rings is 1. The van der Waals surface area contributed by atoms with Crippen molar-refractivity contribution in [1.82, 2.24) is 14.5 Å². The molecule has 8 nitrogen and oxygen atoms in total. The lowest BCUT2D eigenvalue weighted by Crippen LogP contribution is -2.33. The van der Waals surface area contributed by atoms with E-state index in [1.165, 1.54) is 10.9 Å². The minimum atomic E-state index is -1.26. The molecule has 2 aromatic heterocycles. The molecule has 4 N–H and O–H groups in total. The predicted octanol–water partition coefficient (Wildman–Crippen LogP) is -0.776. The van der Waals surface area contributed by atoms with Crippen LogP contribution in [-0.4, -0.2) is 61.8 Å². The topological polar surface area (TPSA) is 113 Å². The molecular weight excluding hydrogens is 283 g/mol. The number of hydrogen-bond acceptors (Lipinski definition) is 7. The summed E-state index contributed by atoms with van der Waals surface area (Å²) in [6.07, 6.45) is -2.99. The fourth-order valence-corrected chi connectivity index (χ4v) is 2.49. The summed E-state index contributed by atoms with van der Waals surface area (Å²) in [7, 11) is 1.59. The molecule has 114 valence electrons. The van der Waals surface area contributed by atoms with E-state index in [1.54, 1.807) is 7.05 Å². The molecule has 0 aromatic carbocycles. The summed E-state index contributed by atoms with van der Waals surface area (Å²) in [6.45, 7) is -0.432. The number of aromatic nitrogens is 3. The summed E-state index contributed by atoms with van der Waals surface area (Å²) in [5, 5.41) is 31.7. The lowest BCUT2D eigenvalue weighted by molar-refractivity contribution is -0.0509. The van der Waals surface area contributed by atoms with Gasteiger partial charge in [0, 0.05) is 13.1 Å². The quantitative estimate of drug-likeness (QED) is 0.550. The van der Waals surface area contributed by atoms with Gasteiger partial charge in [-0.15, -0.1) is 0 Å². The number of nitrogens with one attached hydrogen (secondary N) is 1. The van der Waals surface area contributed by atoms with Crippen molar-refractivity contribution in [3.05, 3.63) is 18.3 Å². The highest BCUT2D eigenvalue weighted by Crippen LogP contribution is 2.32. The molecular formula is C12H15FN4O4. The van der Waals surface area contributed by atoms with Crippen molar-refractivity contribution in [2.45, 2.75) is 24.5 Å². The van der Waals surface area contributed by atoms with Crippen LogP contribution in [0.5, 0.6) is 0 Å². The number of aliphatic hydroxyl groups is 3. The van der Waals surface area contributed by atoms with Crippen LogP contribution >= 0.6 is 0 Å². The van der Waals surface area contributed by atoms with Crippen LogP contribution in [-0.2, 0) is 4.74 Å². The number of nitrogens with zero attached hydrogens (tertiary/aromatic N) is 3. The molecule has 9 heteroatoms. The maximum absolute atomic E-state index is 13.6. The third kappa shape index (κ3) is 2.14. The van der Waals surface area contributed by atoms with E-state index in [1.807, 2.05) is 0 Å². The summed E-state index contributed by atoms with van der Waals surface area (Å²) >= 11 is 0. The van der Waals surface area contributed by atoms with Gasteiger partial charge in [-0.05, 0) is 0 Å². The molecule has 1 aliphatic heterocycles. The summed E-state index contributed by atoms with van der Waals surface area (Å²) in [6, 6.07) is 1.16. The van der Waals surface area contributed by atoms with Crippen molar-refractivity contribution in [2.75, 3.05) is 19.0 Å². The van der Waals surface area contributed by atoms with Gasteiger partial charge in [0.15, 0.2) is 12.0 Å². The van der Waals surface area contributed by atoms with Gasteiger partial charge in [-0.2, -0.15) is 4.39 Å². The molecule has 0 bridgehead atoms. The standard InChI is InChI=1S/C12H15FN4O4/c1-14-11-8-5(2-7(13)16-11)17(4-15-8)12-10(20)9(19)6(3-18)21-12/h2,4,6,9-10,12,18-20H,3H2,1H3,(H,14,16)/t6-,9-,10-,12-/m1/s1. The number of halogens is 1. The molecule has 4 atom stereocenters. The number of aliphatic hydroxyl groups excluding tert-OH is 3. The number of fused-ring (bicyclic) bond motifs is 1. The molecule has 0 amide bonds. The number of ether oxygens (including phenoxy) is 1. The van der Waals surface area contributed by atoms with E-state index in [9.17, 15) is 14.6 Å². The second-order valence-corrected chi connectivity index (χ2v) is 4.79. The van der Waals surface area contributed by atoms with Gasteiger partial charge in [0.25, 0.3) is 0 Å². The van der Waals surface area contributed by atoms with Gasteiger partial charge in [-0.25, -0.2) is 9.97 Å². The molecule has 0 saturated carbocycles. The Morgan fingerprint density at radius 3 is 2.81 bits per heavy atom. The molecule has 2 aromatic rings. The minimum Gasteiger partial charge on any atom is -0.394 e. The van der Waals surface area contributed by atoms with Crippen LogP contribution in [0.1, 0.15) is 6.23 Å². The van der Waals surface area contributed by atoms with Gasteiger partial charge in [0.2, 0.25) is 5.95 Å². The molecule has 1 saturated heterocycles. The zero-order chi connectivity index (χ0) is 15.1. The first-order valence-electron chi connectivity index (χ1n) is 6.40. The van der Waals surface area contributed by atoms with Crippen molar-refractivity contribution in [1.29, 1.82) is 0 Å². The number of anilines is 1. The second kappa shape index (κ2) is 5.19. The molecule has 0 aliphatic carbocycles. The highest BCUT2D eigenvalue weighted by atomic mass is 19.1. The smallest absolute Gasteiger partial charge is 0.217 e. The third-order valence-electron chi connectivity index (χ3n) is 3.56. The molecule has 0 radical (unpaired) electrons. The Morgan fingerprint density at radius 2 is 2.19 bits per heavy atom. The van der Waals surface area contributed by atoms with Crippen LogP contribution in [0.25, 0.3) is 11.0 Å². The average Bonchev–Trinajstić information content (AvgIpc) is 3.01. The summed E-state index contributed by atoms with van der Waals surface area (Å²) in [5.41, 5.74) is 0.776. The first kappa shape index (κ1) is 14.1. The van der Waals surface area contributed by atoms with Crippen molar-refractivity contribution in [3.8, 4) is 0 Å². The average molecular weight is 298 g/mol. The molecule has 3 rings (SSSR count). The van der Waals surface area contributed by atoms with E-state index < -0.39 is 37.1 Å². The van der Waals surface area contributed by atoms with E-state index in [4.69, 9.17) is 9.84 Å². The van der Waals surface area contributed by atoms with Gasteiger partial charge in [-0.3, -0.25) is 0 Å². The third-order valence-corrected chi connectivity index (χ3v) is 3.56. The Bertz CT molecular complexity index is 664. The van der Waals surface area contributed by atoms with Crippen LogP contribution in [0.3, 0.4) is 0 Å². The Morgan fingerprint density at radius 1 is 1.43 bits per heavy atom. The van der Waals surface area contributed by atoms with Crippen molar-refractivity contribution >= 4 is 16.9 Å². The minimum absolute atomic E-state index is 0.260. The number of hydrogen-bond donors (Lipinski definition) is 4. The Labute approximate surface area is 118 Å². The molecule has 21 heavy (non-hydrogen) atoms. The van der Waals surface area contributed by atoms with E-state index in [0.717, 1.165) is 6.07 Å². The van der Waals surface area contributed by atoms with Gasteiger partial charge in [-0.1, -0.05) is 0 Å². The molecule has 1 aliphatic rings. The maximum Gasteiger partial charge on any atom is 0.217 e. The lowest BCUT2D eigenvalue weighted by atomic mass is 10.1. The first-order chi connectivity index (χ1) is 10.1. The molecule has 3 heterocycles. The zero-order valence-corrected chi connectivity index (χ0v) is 11.1. The monoisotopic (exact) mass is 298 g/mol. The highest BCUT2D eigenvalue weighted by Gasteiger charge is 2.43. The largest absolute Gasteiger partial charge is 0.394 e. The summed E-state index contributed by atoms with van der Waals surface area (Å²) in [4.78, 5) is 7.80. The van der Waals surface area contributed by atoms with E-state index in [0.29, 0.717) is 11.0 Å². The van der Waals surface area contributed by atoms with Gasteiger partial charge < -0.3 is 29.9 Å². The maximum atomic E-state index is 13.6. The normalized spacial score (nSPS) is 29.2. The predicted molar refractivity (Wildman–Crippen MR) is 70.0 cm³/mol. The SMILES string of the molecule is CNc1nc(F)cc2c1ncn2[C@@H]1O[C@H](CO)[C@@H](O)[C@H]1O. The molecule has 0 spiro atoms. The van der Waals surface area contributed by atoms with Crippen LogP contribution in [0, 0.1) is 5.95 Å². The Hall–Kier alpha value is -1.81. The van der Waals surface area contributed by atoms with E-state index in [2.05, 4.69) is 15.3 Å². The number of imidazole rings is 1. The van der Waals surface area contributed by atoms with E-state index in [-0.39, 0.29) is 5.82 Å². The first-order valence-corrected chi connectivity index (χ1v) is 6.40. The Kier molecular flexibility index (Phi) is 3.49. The fraction of sp³-hybridized carbons (Fsp3) is 0.500.